The van der Waals surface area contributed by atoms with Gasteiger partial charge in [-0.2, -0.15) is 5.26 Å². The van der Waals surface area contributed by atoms with E-state index in [0.29, 0.717) is 26.2 Å². The molecule has 1 N–H and O–H groups in total. The van der Waals surface area contributed by atoms with Crippen molar-refractivity contribution >= 4 is 45.4 Å². The third kappa shape index (κ3) is 3.27. The van der Waals surface area contributed by atoms with Crippen molar-refractivity contribution in [2.24, 2.45) is 0 Å². The van der Waals surface area contributed by atoms with E-state index in [-0.39, 0.29) is 12.3 Å². The van der Waals surface area contributed by atoms with Gasteiger partial charge in [0.05, 0.1) is 12.0 Å². The maximum absolute atomic E-state index is 11.9. The van der Waals surface area contributed by atoms with Crippen molar-refractivity contribution in [3.8, 4) is 6.07 Å². The van der Waals surface area contributed by atoms with Gasteiger partial charge in [-0.25, -0.2) is 0 Å². The molecule has 0 aliphatic heterocycles. The van der Waals surface area contributed by atoms with Crippen LogP contribution in [0.1, 0.15) is 11.1 Å². The normalized spacial score (nSPS) is 9.95. The van der Waals surface area contributed by atoms with Crippen LogP contribution in [0.15, 0.2) is 29.6 Å². The Kier molecular flexibility index (Phi) is 4.43. The number of halogens is 2. The molecule has 0 unspecified atom stereocenters. The maximum atomic E-state index is 11.9. The van der Waals surface area contributed by atoms with Crippen molar-refractivity contribution in [2.45, 2.75) is 6.42 Å². The average Bonchev–Trinajstić information content (AvgIpc) is 2.81. The quantitative estimate of drug-likeness (QED) is 0.927. The monoisotopic (exact) mass is 310 g/mol. The summed E-state index contributed by atoms with van der Waals surface area (Å²) in [6.45, 7) is 0. The predicted molar refractivity (Wildman–Crippen MR) is 77.8 cm³/mol. The summed E-state index contributed by atoms with van der Waals surface area (Å²) in [5.41, 5.74) is 1.03. The number of carbonyl (C=O) groups excluding carboxylic acids is 1. The van der Waals surface area contributed by atoms with Gasteiger partial charge in [0.1, 0.15) is 11.1 Å². The second kappa shape index (κ2) is 6.07. The lowest BCUT2D eigenvalue weighted by atomic mass is 10.1. The number of benzene rings is 1. The molecule has 2 rings (SSSR count). The molecule has 0 atom stereocenters. The van der Waals surface area contributed by atoms with Gasteiger partial charge in [0.2, 0.25) is 5.91 Å². The zero-order valence-corrected chi connectivity index (χ0v) is 11.9. The molecule has 1 heterocycles. The highest BCUT2D eigenvalue weighted by atomic mass is 35.5. The van der Waals surface area contributed by atoms with Gasteiger partial charge >= 0.3 is 0 Å². The fourth-order valence-electron chi connectivity index (χ4n) is 1.53. The van der Waals surface area contributed by atoms with E-state index in [1.807, 2.05) is 6.07 Å². The molecule has 3 nitrogen and oxygen atoms in total. The van der Waals surface area contributed by atoms with Crippen LogP contribution >= 0.6 is 34.5 Å². The standard InChI is InChI=1S/C13H8Cl2N2OS/c14-10-2-1-3-11(15)9(10)6-12(18)17-13-8(7-16)4-5-19-13/h1-5H,6H2,(H,17,18). The zero-order valence-electron chi connectivity index (χ0n) is 9.61. The highest BCUT2D eigenvalue weighted by Crippen LogP contribution is 2.26. The molecule has 0 radical (unpaired) electrons. The second-order valence-corrected chi connectivity index (χ2v) is 5.43. The molecule has 6 heteroatoms. The van der Waals surface area contributed by atoms with Crippen molar-refractivity contribution in [3.63, 3.8) is 0 Å². The molecule has 0 bridgehead atoms. The second-order valence-electron chi connectivity index (χ2n) is 3.70. The van der Waals surface area contributed by atoms with E-state index >= 15 is 0 Å². The summed E-state index contributed by atoms with van der Waals surface area (Å²) in [5.74, 6) is -0.256. The number of carbonyl (C=O) groups is 1. The summed E-state index contributed by atoms with van der Waals surface area (Å²) in [6.07, 6.45) is 0.0707. The highest BCUT2D eigenvalue weighted by molar-refractivity contribution is 7.14. The molecule has 19 heavy (non-hydrogen) atoms. The van der Waals surface area contributed by atoms with Crippen molar-refractivity contribution in [1.82, 2.24) is 0 Å². The molecule has 0 saturated heterocycles. The summed E-state index contributed by atoms with van der Waals surface area (Å²) in [5, 5.41) is 14.7. The highest BCUT2D eigenvalue weighted by Gasteiger charge is 2.13. The molecule has 2 aromatic rings. The van der Waals surface area contributed by atoms with Gasteiger partial charge in [-0.3, -0.25) is 4.79 Å². The number of amides is 1. The van der Waals surface area contributed by atoms with Crippen LogP contribution in [0, 0.1) is 11.3 Å². The first-order valence-corrected chi connectivity index (χ1v) is 6.95. The van der Waals surface area contributed by atoms with E-state index in [1.54, 1.807) is 29.6 Å². The van der Waals surface area contributed by atoms with Crippen molar-refractivity contribution < 1.29 is 4.79 Å². The Labute approximate surface area is 124 Å². The summed E-state index contributed by atoms with van der Waals surface area (Å²) in [4.78, 5) is 11.9. The molecule has 1 aromatic carbocycles. The van der Waals surface area contributed by atoms with Crippen LogP contribution < -0.4 is 5.32 Å². The lowest BCUT2D eigenvalue weighted by Crippen LogP contribution is -2.14. The molecule has 0 saturated carbocycles. The molecule has 0 aliphatic carbocycles. The summed E-state index contributed by atoms with van der Waals surface area (Å²) in [7, 11) is 0. The Morgan fingerprint density at radius 1 is 1.32 bits per heavy atom. The molecule has 1 amide bonds. The Hall–Kier alpha value is -1.54. The third-order valence-electron chi connectivity index (χ3n) is 2.44. The smallest absolute Gasteiger partial charge is 0.229 e. The average molecular weight is 311 g/mol. The van der Waals surface area contributed by atoms with Crippen molar-refractivity contribution in [1.29, 1.82) is 5.26 Å². The van der Waals surface area contributed by atoms with E-state index in [9.17, 15) is 4.79 Å². The van der Waals surface area contributed by atoms with Gasteiger partial charge in [-0.05, 0) is 29.1 Å². The number of anilines is 1. The first kappa shape index (κ1) is 13.9. The molecular formula is C13H8Cl2N2OS. The lowest BCUT2D eigenvalue weighted by molar-refractivity contribution is -0.115. The Balaban J connectivity index is 2.13. The minimum atomic E-state index is -0.256. The zero-order chi connectivity index (χ0) is 13.8. The first-order chi connectivity index (χ1) is 9.11. The maximum Gasteiger partial charge on any atom is 0.229 e. The Morgan fingerprint density at radius 2 is 2.00 bits per heavy atom. The van der Waals surface area contributed by atoms with E-state index in [4.69, 9.17) is 28.5 Å². The number of nitriles is 1. The van der Waals surface area contributed by atoms with Crippen LogP contribution in [0.5, 0.6) is 0 Å². The number of nitrogens with one attached hydrogen (secondary N) is 1. The largest absolute Gasteiger partial charge is 0.316 e. The number of rotatable bonds is 3. The van der Waals surface area contributed by atoms with Crippen LogP contribution in [0.25, 0.3) is 0 Å². The fraction of sp³-hybridized carbons (Fsp3) is 0.0769. The SMILES string of the molecule is N#Cc1ccsc1NC(=O)Cc1c(Cl)cccc1Cl. The molecule has 0 fully saturated rings. The van der Waals surface area contributed by atoms with Gasteiger partial charge in [-0.1, -0.05) is 29.3 Å². The van der Waals surface area contributed by atoms with E-state index in [2.05, 4.69) is 5.32 Å². The number of thiophene rings is 1. The minimum Gasteiger partial charge on any atom is -0.316 e. The molecule has 1 aromatic heterocycles. The molecule has 0 aliphatic rings. The molecular weight excluding hydrogens is 303 g/mol. The van der Waals surface area contributed by atoms with Crippen LogP contribution in [0.3, 0.4) is 0 Å². The number of hydrogen-bond acceptors (Lipinski definition) is 3. The number of nitrogens with zero attached hydrogens (tertiary/aromatic N) is 1. The fourth-order valence-corrected chi connectivity index (χ4v) is 2.81. The number of hydrogen-bond donors (Lipinski definition) is 1. The predicted octanol–water partition coefficient (Wildman–Crippen LogP) is 4.11. The lowest BCUT2D eigenvalue weighted by Gasteiger charge is -2.07. The summed E-state index contributed by atoms with van der Waals surface area (Å²) >= 11 is 13.3. The molecule has 0 spiro atoms. The first-order valence-electron chi connectivity index (χ1n) is 5.32. The van der Waals surface area contributed by atoms with Crippen molar-refractivity contribution in [3.05, 3.63) is 50.8 Å². The van der Waals surface area contributed by atoms with Gasteiger partial charge in [0, 0.05) is 10.0 Å². The summed E-state index contributed by atoms with van der Waals surface area (Å²) < 4.78 is 0. The van der Waals surface area contributed by atoms with E-state index in [1.165, 1.54) is 11.3 Å². The minimum absolute atomic E-state index is 0.0707. The van der Waals surface area contributed by atoms with Crippen LogP contribution in [0.2, 0.25) is 10.0 Å². The van der Waals surface area contributed by atoms with E-state index < -0.39 is 0 Å². The van der Waals surface area contributed by atoms with Gasteiger partial charge < -0.3 is 5.32 Å². The van der Waals surface area contributed by atoms with Crippen molar-refractivity contribution in [2.75, 3.05) is 5.32 Å². The van der Waals surface area contributed by atoms with Crippen LogP contribution in [-0.2, 0) is 11.2 Å². The van der Waals surface area contributed by atoms with Gasteiger partial charge in [0.15, 0.2) is 0 Å². The topological polar surface area (TPSA) is 52.9 Å². The van der Waals surface area contributed by atoms with Gasteiger partial charge in [0.25, 0.3) is 0 Å². The van der Waals surface area contributed by atoms with Crippen LogP contribution in [-0.4, -0.2) is 5.91 Å². The van der Waals surface area contributed by atoms with E-state index in [0.717, 1.165) is 0 Å². The third-order valence-corrected chi connectivity index (χ3v) is 3.98. The Morgan fingerprint density at radius 3 is 2.63 bits per heavy atom. The molecule has 96 valence electrons. The summed E-state index contributed by atoms with van der Waals surface area (Å²) in [6, 6.07) is 8.75. The van der Waals surface area contributed by atoms with Crippen LogP contribution in [0.4, 0.5) is 5.00 Å². The van der Waals surface area contributed by atoms with Gasteiger partial charge in [-0.15, -0.1) is 11.3 Å². The Bertz CT molecular complexity index is 641.